The van der Waals surface area contributed by atoms with Crippen molar-refractivity contribution in [3.63, 3.8) is 0 Å². The lowest BCUT2D eigenvalue weighted by atomic mass is 10.1. The smallest absolute Gasteiger partial charge is 0.416 e. The normalized spacial score (nSPS) is 15.2. The first kappa shape index (κ1) is 21.8. The summed E-state index contributed by atoms with van der Waals surface area (Å²) < 4.78 is 44.0. The fourth-order valence-electron chi connectivity index (χ4n) is 3.55. The molecule has 7 nitrogen and oxygen atoms in total. The Bertz CT molecular complexity index is 1090. The SMILES string of the molecule is O=C(Cc1ccccc1O)N1CCN(Cc2nc(-c3cccc(C(F)(F)F)c3)no2)CC1. The van der Waals surface area contributed by atoms with Crippen molar-refractivity contribution < 1.29 is 27.6 Å². The Morgan fingerprint density at radius 3 is 2.53 bits per heavy atom. The van der Waals surface area contributed by atoms with Gasteiger partial charge in [-0.15, -0.1) is 0 Å². The van der Waals surface area contributed by atoms with Gasteiger partial charge in [0, 0.05) is 37.3 Å². The fourth-order valence-corrected chi connectivity index (χ4v) is 3.55. The predicted octanol–water partition coefficient (Wildman–Crippen LogP) is 3.35. The number of carbonyl (C=O) groups excluding carboxylic acids is 1. The molecule has 0 bridgehead atoms. The summed E-state index contributed by atoms with van der Waals surface area (Å²) in [5.41, 5.74) is 0.0493. The number of phenolic OH excluding ortho intramolecular Hbond substituents is 1. The van der Waals surface area contributed by atoms with Crippen molar-refractivity contribution in [2.45, 2.75) is 19.1 Å². The van der Waals surface area contributed by atoms with Crippen LogP contribution in [0.4, 0.5) is 13.2 Å². The number of amides is 1. The highest BCUT2D eigenvalue weighted by atomic mass is 19.4. The van der Waals surface area contributed by atoms with Gasteiger partial charge in [0.05, 0.1) is 18.5 Å². The molecule has 3 aromatic rings. The highest BCUT2D eigenvalue weighted by Crippen LogP contribution is 2.31. The summed E-state index contributed by atoms with van der Waals surface area (Å²) in [6.07, 6.45) is -4.31. The number of phenols is 1. The Kier molecular flexibility index (Phi) is 6.13. The lowest BCUT2D eigenvalue weighted by Crippen LogP contribution is -2.48. The van der Waals surface area contributed by atoms with E-state index in [1.807, 2.05) is 4.90 Å². The molecule has 0 spiro atoms. The zero-order valence-corrected chi connectivity index (χ0v) is 17.0. The van der Waals surface area contributed by atoms with Gasteiger partial charge in [-0.25, -0.2) is 0 Å². The number of rotatable bonds is 5. The molecular weight excluding hydrogens is 425 g/mol. The number of aromatic hydroxyl groups is 1. The van der Waals surface area contributed by atoms with Crippen LogP contribution in [0.3, 0.4) is 0 Å². The second kappa shape index (κ2) is 8.99. The van der Waals surface area contributed by atoms with E-state index in [4.69, 9.17) is 4.52 Å². The monoisotopic (exact) mass is 446 g/mol. The van der Waals surface area contributed by atoms with Crippen LogP contribution < -0.4 is 0 Å². The van der Waals surface area contributed by atoms with Crippen molar-refractivity contribution >= 4 is 5.91 Å². The van der Waals surface area contributed by atoms with E-state index in [2.05, 4.69) is 10.1 Å². The molecule has 0 radical (unpaired) electrons. The zero-order chi connectivity index (χ0) is 22.7. The molecule has 1 amide bonds. The minimum atomic E-state index is -4.45. The lowest BCUT2D eigenvalue weighted by molar-refractivity contribution is -0.137. The van der Waals surface area contributed by atoms with Crippen LogP contribution in [0.2, 0.25) is 0 Å². The van der Waals surface area contributed by atoms with Gasteiger partial charge in [0.2, 0.25) is 17.6 Å². The van der Waals surface area contributed by atoms with Crippen molar-refractivity contribution in [3.05, 3.63) is 65.5 Å². The molecule has 32 heavy (non-hydrogen) atoms. The van der Waals surface area contributed by atoms with E-state index >= 15 is 0 Å². The van der Waals surface area contributed by atoms with Gasteiger partial charge in [-0.3, -0.25) is 9.69 Å². The molecule has 2 heterocycles. The van der Waals surface area contributed by atoms with Crippen LogP contribution in [0.1, 0.15) is 17.0 Å². The number of aromatic nitrogens is 2. The molecule has 1 aliphatic heterocycles. The van der Waals surface area contributed by atoms with E-state index < -0.39 is 11.7 Å². The van der Waals surface area contributed by atoms with Crippen LogP contribution in [-0.2, 0) is 23.9 Å². The number of alkyl halides is 3. The van der Waals surface area contributed by atoms with Crippen molar-refractivity contribution in [1.29, 1.82) is 0 Å². The Labute approximate surface area is 182 Å². The standard InChI is InChI=1S/C22H21F3N4O3/c23-22(24,25)17-6-3-5-16(12-17)21-26-19(32-27-21)14-28-8-10-29(11-9-28)20(31)13-15-4-1-2-7-18(15)30/h1-7,12,30H,8-11,13-14H2. The average Bonchev–Trinajstić information content (AvgIpc) is 3.24. The maximum absolute atomic E-state index is 12.9. The Morgan fingerprint density at radius 2 is 1.81 bits per heavy atom. The van der Waals surface area contributed by atoms with E-state index in [9.17, 15) is 23.1 Å². The second-order valence-electron chi connectivity index (χ2n) is 7.55. The number of halogens is 3. The molecule has 4 rings (SSSR count). The summed E-state index contributed by atoms with van der Waals surface area (Å²) in [5, 5.41) is 13.7. The van der Waals surface area contributed by atoms with E-state index in [1.54, 1.807) is 29.2 Å². The van der Waals surface area contributed by atoms with Gasteiger partial charge in [-0.1, -0.05) is 35.5 Å². The van der Waals surface area contributed by atoms with Crippen molar-refractivity contribution in [3.8, 4) is 17.1 Å². The molecular formula is C22H21F3N4O3. The van der Waals surface area contributed by atoms with Gasteiger partial charge in [0.1, 0.15) is 5.75 Å². The second-order valence-corrected chi connectivity index (χ2v) is 7.55. The van der Waals surface area contributed by atoms with Gasteiger partial charge >= 0.3 is 6.18 Å². The number of piperazine rings is 1. The number of hydrogen-bond acceptors (Lipinski definition) is 6. The summed E-state index contributed by atoms with van der Waals surface area (Å²) in [4.78, 5) is 20.5. The Hall–Kier alpha value is -3.40. The highest BCUT2D eigenvalue weighted by molar-refractivity contribution is 5.79. The first-order chi connectivity index (χ1) is 15.3. The molecule has 0 atom stereocenters. The molecule has 168 valence electrons. The number of nitrogens with zero attached hydrogens (tertiary/aromatic N) is 4. The van der Waals surface area contributed by atoms with Crippen LogP contribution in [0.15, 0.2) is 53.1 Å². The number of hydrogen-bond donors (Lipinski definition) is 1. The predicted molar refractivity (Wildman–Crippen MR) is 108 cm³/mol. The third-order valence-corrected chi connectivity index (χ3v) is 5.33. The van der Waals surface area contributed by atoms with Crippen LogP contribution in [-0.4, -0.2) is 57.1 Å². The van der Waals surface area contributed by atoms with E-state index in [1.165, 1.54) is 12.1 Å². The summed E-state index contributed by atoms with van der Waals surface area (Å²) in [6.45, 7) is 2.55. The van der Waals surface area contributed by atoms with Crippen molar-refractivity contribution in [2.75, 3.05) is 26.2 Å². The van der Waals surface area contributed by atoms with Crippen LogP contribution >= 0.6 is 0 Å². The molecule has 2 aromatic carbocycles. The van der Waals surface area contributed by atoms with Crippen LogP contribution in [0.5, 0.6) is 5.75 Å². The topological polar surface area (TPSA) is 82.7 Å². The minimum absolute atomic E-state index is 0.0595. The van der Waals surface area contributed by atoms with Crippen LogP contribution in [0.25, 0.3) is 11.4 Å². The highest BCUT2D eigenvalue weighted by Gasteiger charge is 2.31. The molecule has 1 aliphatic rings. The first-order valence-electron chi connectivity index (χ1n) is 10.1. The van der Waals surface area contributed by atoms with Gasteiger partial charge in [-0.2, -0.15) is 18.2 Å². The maximum atomic E-state index is 12.9. The first-order valence-corrected chi connectivity index (χ1v) is 10.1. The van der Waals surface area contributed by atoms with Gasteiger partial charge in [-0.05, 0) is 18.2 Å². The number of para-hydroxylation sites is 1. The van der Waals surface area contributed by atoms with E-state index in [-0.39, 0.29) is 29.5 Å². The van der Waals surface area contributed by atoms with Crippen molar-refractivity contribution in [2.24, 2.45) is 0 Å². The number of benzene rings is 2. The summed E-state index contributed by atoms with van der Waals surface area (Å²) in [7, 11) is 0. The van der Waals surface area contributed by atoms with Crippen molar-refractivity contribution in [1.82, 2.24) is 19.9 Å². The molecule has 1 saturated heterocycles. The molecule has 1 fully saturated rings. The molecule has 1 aromatic heterocycles. The minimum Gasteiger partial charge on any atom is -0.508 e. The summed E-state index contributed by atoms with van der Waals surface area (Å²) >= 11 is 0. The molecule has 0 aliphatic carbocycles. The quantitative estimate of drug-likeness (QED) is 0.647. The number of carbonyl (C=O) groups is 1. The van der Waals surface area contributed by atoms with E-state index in [0.29, 0.717) is 44.2 Å². The third kappa shape index (κ3) is 5.08. The van der Waals surface area contributed by atoms with E-state index in [0.717, 1.165) is 12.1 Å². The van der Waals surface area contributed by atoms with Gasteiger partial charge in [0.15, 0.2) is 0 Å². The average molecular weight is 446 g/mol. The molecule has 0 saturated carbocycles. The Morgan fingerprint density at radius 1 is 1.06 bits per heavy atom. The van der Waals surface area contributed by atoms with Crippen LogP contribution in [0, 0.1) is 0 Å². The zero-order valence-electron chi connectivity index (χ0n) is 17.0. The Balaban J connectivity index is 1.32. The molecule has 0 unspecified atom stereocenters. The molecule has 10 heteroatoms. The fraction of sp³-hybridized carbons (Fsp3) is 0.318. The summed E-state index contributed by atoms with van der Waals surface area (Å²) in [6, 6.07) is 11.5. The summed E-state index contributed by atoms with van der Waals surface area (Å²) in [5.74, 6) is 0.442. The van der Waals surface area contributed by atoms with Gasteiger partial charge in [0.25, 0.3) is 0 Å². The molecule has 1 N–H and O–H groups in total. The maximum Gasteiger partial charge on any atom is 0.416 e. The van der Waals surface area contributed by atoms with Gasteiger partial charge < -0.3 is 14.5 Å². The lowest BCUT2D eigenvalue weighted by Gasteiger charge is -2.34. The third-order valence-electron chi connectivity index (χ3n) is 5.33. The largest absolute Gasteiger partial charge is 0.508 e.